The first-order valence-corrected chi connectivity index (χ1v) is 12.4. The van der Waals surface area contributed by atoms with E-state index >= 15 is 0 Å². The van der Waals surface area contributed by atoms with Gasteiger partial charge in [-0.2, -0.15) is 0 Å². The third kappa shape index (κ3) is 3.93. The summed E-state index contributed by atoms with van der Waals surface area (Å²) in [5.74, 6) is 3.15. The summed E-state index contributed by atoms with van der Waals surface area (Å²) in [4.78, 5) is 15.4. The van der Waals surface area contributed by atoms with Crippen molar-refractivity contribution in [2.75, 3.05) is 34.1 Å². The maximum atomic E-state index is 12.9. The summed E-state index contributed by atoms with van der Waals surface area (Å²) in [5, 5.41) is 3.23. The molecule has 6 rings (SSSR count). The zero-order chi connectivity index (χ0) is 24.6. The summed E-state index contributed by atoms with van der Waals surface area (Å²) < 4.78 is 22.8. The van der Waals surface area contributed by atoms with Gasteiger partial charge in [0.05, 0.1) is 20.6 Å². The number of fused-ring (bicyclic) bond motifs is 5. The lowest BCUT2D eigenvalue weighted by atomic mass is 9.76. The lowest BCUT2D eigenvalue weighted by Gasteiger charge is -2.46. The van der Waals surface area contributed by atoms with Crippen molar-refractivity contribution >= 4 is 5.91 Å². The molecule has 2 atom stereocenters. The Hall–Kier alpha value is -3.71. The molecular weight excluding hydrogens is 456 g/mol. The second kappa shape index (κ2) is 9.39. The van der Waals surface area contributed by atoms with E-state index in [1.54, 1.807) is 14.2 Å². The number of hydrogen-bond donors (Lipinski definition) is 1. The molecule has 3 aromatic rings. The summed E-state index contributed by atoms with van der Waals surface area (Å²) in [7, 11) is 3.35. The zero-order valence-electron chi connectivity index (χ0n) is 20.6. The number of nitrogens with one attached hydrogen (secondary N) is 1. The number of amides is 1. The first-order valence-electron chi connectivity index (χ1n) is 12.4. The van der Waals surface area contributed by atoms with Crippen molar-refractivity contribution in [3.8, 4) is 23.0 Å². The van der Waals surface area contributed by atoms with Crippen LogP contribution in [0.3, 0.4) is 0 Å². The van der Waals surface area contributed by atoms with Gasteiger partial charge in [-0.1, -0.05) is 36.4 Å². The molecule has 0 saturated heterocycles. The highest BCUT2D eigenvalue weighted by molar-refractivity contribution is 5.78. The summed E-state index contributed by atoms with van der Waals surface area (Å²) in [6.07, 6.45) is 1.28. The fourth-order valence-electron chi connectivity index (χ4n) is 5.92. The lowest BCUT2D eigenvalue weighted by molar-refractivity contribution is -0.120. The normalized spacial score (nSPS) is 19.6. The number of benzene rings is 3. The van der Waals surface area contributed by atoms with Crippen LogP contribution in [0.5, 0.6) is 23.0 Å². The Balaban J connectivity index is 1.37. The molecule has 2 unspecified atom stereocenters. The van der Waals surface area contributed by atoms with Crippen LogP contribution in [0, 0.1) is 0 Å². The highest BCUT2D eigenvalue weighted by Crippen LogP contribution is 2.51. The molecule has 186 valence electrons. The van der Waals surface area contributed by atoms with Crippen molar-refractivity contribution < 1.29 is 23.7 Å². The molecule has 0 aliphatic carbocycles. The van der Waals surface area contributed by atoms with Crippen LogP contribution < -0.4 is 24.3 Å². The Morgan fingerprint density at radius 1 is 1.03 bits per heavy atom. The van der Waals surface area contributed by atoms with Crippen molar-refractivity contribution in [3.05, 3.63) is 82.4 Å². The molecule has 1 amide bonds. The van der Waals surface area contributed by atoms with Crippen molar-refractivity contribution in [1.29, 1.82) is 0 Å². The number of rotatable bonds is 6. The molecule has 3 aromatic carbocycles. The number of hydrogen-bond acceptors (Lipinski definition) is 6. The van der Waals surface area contributed by atoms with Gasteiger partial charge in [0.1, 0.15) is 0 Å². The molecule has 0 fully saturated rings. The van der Waals surface area contributed by atoms with Gasteiger partial charge in [-0.3, -0.25) is 9.69 Å². The van der Waals surface area contributed by atoms with Crippen LogP contribution >= 0.6 is 0 Å². The highest BCUT2D eigenvalue weighted by Gasteiger charge is 2.42. The molecular formula is C29H30N2O5. The van der Waals surface area contributed by atoms with E-state index in [0.29, 0.717) is 13.0 Å². The van der Waals surface area contributed by atoms with E-state index in [1.165, 1.54) is 16.7 Å². The van der Waals surface area contributed by atoms with Gasteiger partial charge in [0.25, 0.3) is 0 Å². The van der Waals surface area contributed by atoms with Gasteiger partial charge in [0.15, 0.2) is 23.0 Å². The van der Waals surface area contributed by atoms with Crippen LogP contribution in [0.25, 0.3) is 0 Å². The van der Waals surface area contributed by atoms with Crippen LogP contribution in [0.1, 0.15) is 39.8 Å². The molecule has 0 spiro atoms. The minimum absolute atomic E-state index is 0.0158. The van der Waals surface area contributed by atoms with E-state index < -0.39 is 0 Å². The largest absolute Gasteiger partial charge is 0.493 e. The molecule has 0 aromatic heterocycles. The molecule has 1 N–H and O–H groups in total. The van der Waals surface area contributed by atoms with Gasteiger partial charge < -0.3 is 24.3 Å². The Morgan fingerprint density at radius 2 is 1.83 bits per heavy atom. The number of ether oxygens (including phenoxy) is 4. The van der Waals surface area contributed by atoms with E-state index in [0.717, 1.165) is 53.6 Å². The van der Waals surface area contributed by atoms with Crippen LogP contribution in [0.15, 0.2) is 54.6 Å². The molecule has 0 saturated carbocycles. The number of carbonyl (C=O) groups is 1. The molecule has 7 nitrogen and oxygen atoms in total. The summed E-state index contributed by atoms with van der Waals surface area (Å²) in [6.45, 7) is 2.43. The smallest absolute Gasteiger partial charge is 0.231 e. The minimum atomic E-state index is 0.0158. The minimum Gasteiger partial charge on any atom is -0.493 e. The Bertz CT molecular complexity index is 1290. The van der Waals surface area contributed by atoms with E-state index in [-0.39, 0.29) is 24.7 Å². The van der Waals surface area contributed by atoms with Gasteiger partial charge in [-0.15, -0.1) is 0 Å². The SMILES string of the molecule is COc1ccc2c(c1OC)CN1CCc3cc4c(cc3C1C2CNC(=O)Cc1ccccc1)OCO4. The fourth-order valence-corrected chi connectivity index (χ4v) is 5.92. The van der Waals surface area contributed by atoms with Gasteiger partial charge >= 0.3 is 0 Å². The van der Waals surface area contributed by atoms with Gasteiger partial charge in [-0.25, -0.2) is 0 Å². The maximum absolute atomic E-state index is 12.9. The van der Waals surface area contributed by atoms with Crippen molar-refractivity contribution in [3.63, 3.8) is 0 Å². The van der Waals surface area contributed by atoms with Gasteiger partial charge in [-0.05, 0) is 46.9 Å². The Morgan fingerprint density at radius 3 is 2.61 bits per heavy atom. The lowest BCUT2D eigenvalue weighted by Crippen LogP contribution is -2.45. The van der Waals surface area contributed by atoms with E-state index in [4.69, 9.17) is 18.9 Å². The van der Waals surface area contributed by atoms with Gasteiger partial charge in [0.2, 0.25) is 12.7 Å². The molecule has 3 aliphatic heterocycles. The predicted molar refractivity (Wildman–Crippen MR) is 135 cm³/mol. The molecule has 3 aliphatic rings. The highest BCUT2D eigenvalue weighted by atomic mass is 16.7. The maximum Gasteiger partial charge on any atom is 0.231 e. The molecule has 0 radical (unpaired) electrons. The third-order valence-corrected chi connectivity index (χ3v) is 7.57. The van der Waals surface area contributed by atoms with Crippen LogP contribution in [-0.4, -0.2) is 44.9 Å². The first-order chi connectivity index (χ1) is 17.7. The van der Waals surface area contributed by atoms with E-state index in [2.05, 4.69) is 28.4 Å². The summed E-state index contributed by atoms with van der Waals surface area (Å²) in [5.41, 5.74) is 5.83. The van der Waals surface area contributed by atoms with Crippen molar-refractivity contribution in [1.82, 2.24) is 10.2 Å². The quantitative estimate of drug-likeness (QED) is 0.568. The fraction of sp³-hybridized carbons (Fsp3) is 0.345. The first kappa shape index (κ1) is 22.7. The predicted octanol–water partition coefficient (Wildman–Crippen LogP) is 3.99. The monoisotopic (exact) mass is 486 g/mol. The molecule has 7 heteroatoms. The van der Waals surface area contributed by atoms with Crippen LogP contribution in [-0.2, 0) is 24.2 Å². The van der Waals surface area contributed by atoms with Crippen molar-refractivity contribution in [2.24, 2.45) is 0 Å². The average Bonchev–Trinajstić information content (AvgIpc) is 3.37. The summed E-state index contributed by atoms with van der Waals surface area (Å²) >= 11 is 0. The topological polar surface area (TPSA) is 69.3 Å². The second-order valence-corrected chi connectivity index (χ2v) is 9.51. The van der Waals surface area contributed by atoms with Gasteiger partial charge in [0, 0.05) is 37.2 Å². The Kier molecular flexibility index (Phi) is 5.93. The molecule has 3 heterocycles. The second-order valence-electron chi connectivity index (χ2n) is 9.51. The molecule has 36 heavy (non-hydrogen) atoms. The number of methoxy groups -OCH3 is 2. The Labute approximate surface area is 210 Å². The summed E-state index contributed by atoms with van der Waals surface area (Å²) in [6, 6.07) is 18.3. The van der Waals surface area contributed by atoms with Crippen LogP contribution in [0.4, 0.5) is 0 Å². The van der Waals surface area contributed by atoms with E-state index in [9.17, 15) is 4.79 Å². The zero-order valence-corrected chi connectivity index (χ0v) is 20.6. The van der Waals surface area contributed by atoms with Crippen molar-refractivity contribution in [2.45, 2.75) is 31.3 Å². The van der Waals surface area contributed by atoms with E-state index in [1.807, 2.05) is 36.4 Å². The number of carbonyl (C=O) groups excluding carboxylic acids is 1. The molecule has 0 bridgehead atoms. The average molecular weight is 487 g/mol. The van der Waals surface area contributed by atoms with Crippen LogP contribution in [0.2, 0.25) is 0 Å². The standard InChI is InChI=1S/C29H30N2O5/c1-33-24-9-8-20-22(15-30-27(32)12-18-6-4-3-5-7-18)28-21-14-26-25(35-17-36-26)13-19(21)10-11-31(28)16-23(20)29(24)34-2/h3-9,13-14,22,28H,10-12,15-17H2,1-2H3,(H,30,32). The third-order valence-electron chi connectivity index (χ3n) is 7.57. The number of nitrogens with zero attached hydrogens (tertiary/aromatic N) is 1.